The van der Waals surface area contributed by atoms with Crippen LogP contribution >= 0.6 is 0 Å². The number of carbonyl (C=O) groups excluding carboxylic acids is 1. The van der Waals surface area contributed by atoms with Crippen molar-refractivity contribution in [2.45, 2.75) is 49.8 Å². The third-order valence-electron chi connectivity index (χ3n) is 4.77. The monoisotopic (exact) mass is 391 g/mol. The zero-order chi connectivity index (χ0) is 19.0. The number of benzene rings is 1. The normalized spacial score (nSPS) is 19.3. The summed E-state index contributed by atoms with van der Waals surface area (Å²) in [5.41, 5.74) is 1.50. The molecule has 0 bridgehead atoms. The molecule has 27 heavy (non-hydrogen) atoms. The first-order valence-corrected chi connectivity index (χ1v) is 10.3. The number of hydrogen-bond acceptors (Lipinski definition) is 6. The van der Waals surface area contributed by atoms with Gasteiger partial charge in [-0.05, 0) is 43.0 Å². The molecule has 2 aliphatic rings. The Kier molecular flexibility index (Phi) is 4.70. The number of aromatic nitrogens is 3. The van der Waals surface area contributed by atoms with Crippen molar-refractivity contribution in [1.82, 2.24) is 19.5 Å². The summed E-state index contributed by atoms with van der Waals surface area (Å²) in [6.45, 7) is 0.999. The molecule has 0 saturated heterocycles. The molecule has 0 spiro atoms. The highest BCUT2D eigenvalue weighted by molar-refractivity contribution is 7.89. The van der Waals surface area contributed by atoms with Crippen molar-refractivity contribution in [3.05, 3.63) is 35.4 Å². The third kappa shape index (κ3) is 3.60. The number of nitrogens with one attached hydrogen (secondary N) is 2. The van der Waals surface area contributed by atoms with Crippen molar-refractivity contribution in [2.75, 3.05) is 12.4 Å². The molecule has 2 aromatic rings. The number of aryl methyl sites for hydroxylation is 2. The molecule has 2 N–H and O–H groups in total. The van der Waals surface area contributed by atoms with Crippen molar-refractivity contribution in [1.29, 1.82) is 0 Å². The lowest BCUT2D eigenvalue weighted by molar-refractivity contribution is -0.116. The second-order valence-electron chi connectivity index (χ2n) is 6.73. The van der Waals surface area contributed by atoms with Gasteiger partial charge < -0.3 is 10.1 Å². The van der Waals surface area contributed by atoms with Crippen molar-refractivity contribution >= 4 is 21.6 Å². The highest BCUT2D eigenvalue weighted by Gasteiger charge is 2.29. The Hall–Kier alpha value is -2.30. The molecule has 10 heteroatoms. The Balaban J connectivity index is 1.59. The van der Waals surface area contributed by atoms with Crippen LogP contribution in [0.5, 0.6) is 0 Å². The van der Waals surface area contributed by atoms with Crippen LogP contribution in [0.1, 0.15) is 42.5 Å². The van der Waals surface area contributed by atoms with Crippen molar-refractivity contribution in [3.8, 4) is 0 Å². The molecule has 144 valence electrons. The van der Waals surface area contributed by atoms with E-state index < -0.39 is 16.1 Å². The Labute approximate surface area is 157 Å². The predicted molar refractivity (Wildman–Crippen MR) is 96.4 cm³/mol. The average molecular weight is 391 g/mol. The van der Waals surface area contributed by atoms with E-state index in [1.165, 1.54) is 6.07 Å². The molecule has 0 saturated carbocycles. The molecule has 1 unspecified atom stereocenters. The van der Waals surface area contributed by atoms with Gasteiger partial charge in [-0.15, -0.1) is 0 Å². The number of rotatable bonds is 5. The number of anilines is 1. The summed E-state index contributed by atoms with van der Waals surface area (Å²) >= 11 is 0. The number of nitrogens with zero attached hydrogens (tertiary/aromatic N) is 3. The summed E-state index contributed by atoms with van der Waals surface area (Å²) in [6, 6.07) is 4.34. The van der Waals surface area contributed by atoms with Crippen LogP contribution in [0.25, 0.3) is 0 Å². The lowest BCUT2D eigenvalue weighted by Gasteiger charge is -2.23. The van der Waals surface area contributed by atoms with Gasteiger partial charge >= 0.3 is 0 Å². The fraction of sp³-hybridized carbons (Fsp3) is 0.471. The minimum atomic E-state index is -3.73. The van der Waals surface area contributed by atoms with Crippen molar-refractivity contribution in [2.24, 2.45) is 0 Å². The fourth-order valence-electron chi connectivity index (χ4n) is 3.48. The summed E-state index contributed by atoms with van der Waals surface area (Å²) in [5, 5.41) is 7.12. The lowest BCUT2D eigenvalue weighted by Crippen LogP contribution is -2.33. The lowest BCUT2D eigenvalue weighted by atomic mass is 10.0. The van der Waals surface area contributed by atoms with Gasteiger partial charge in [0.05, 0.1) is 10.9 Å². The predicted octanol–water partition coefficient (Wildman–Crippen LogP) is 1.12. The number of hydrogen-bond donors (Lipinski definition) is 2. The van der Waals surface area contributed by atoms with Crippen LogP contribution in [0.4, 0.5) is 5.69 Å². The zero-order valence-corrected chi connectivity index (χ0v) is 15.8. The first-order valence-electron chi connectivity index (χ1n) is 8.84. The summed E-state index contributed by atoms with van der Waals surface area (Å²) in [4.78, 5) is 16.1. The van der Waals surface area contributed by atoms with Crippen LogP contribution in [-0.4, -0.2) is 36.2 Å². The molecule has 0 aliphatic carbocycles. The van der Waals surface area contributed by atoms with Gasteiger partial charge in [-0.1, -0.05) is 0 Å². The van der Waals surface area contributed by atoms with Gasteiger partial charge in [0.1, 0.15) is 12.4 Å². The molecule has 1 atom stereocenters. The average Bonchev–Trinajstić information content (AvgIpc) is 3.05. The third-order valence-corrected chi connectivity index (χ3v) is 6.24. The van der Waals surface area contributed by atoms with E-state index in [0.717, 1.165) is 12.0 Å². The molecule has 9 nitrogen and oxygen atoms in total. The van der Waals surface area contributed by atoms with Gasteiger partial charge in [0.25, 0.3) is 0 Å². The van der Waals surface area contributed by atoms with E-state index >= 15 is 0 Å². The van der Waals surface area contributed by atoms with E-state index in [0.29, 0.717) is 43.1 Å². The molecule has 1 aromatic carbocycles. The maximum atomic E-state index is 12.9. The second kappa shape index (κ2) is 7.02. The molecule has 1 aromatic heterocycles. The van der Waals surface area contributed by atoms with Crippen LogP contribution in [0.2, 0.25) is 0 Å². The van der Waals surface area contributed by atoms with E-state index in [4.69, 9.17) is 4.74 Å². The van der Waals surface area contributed by atoms with Crippen LogP contribution in [0, 0.1) is 0 Å². The van der Waals surface area contributed by atoms with Crippen LogP contribution in [0.3, 0.4) is 0 Å². The van der Waals surface area contributed by atoms with Gasteiger partial charge in [-0.3, -0.25) is 4.79 Å². The summed E-state index contributed by atoms with van der Waals surface area (Å²) in [5.74, 6) is 1.11. The maximum Gasteiger partial charge on any atom is 0.241 e. The molecule has 1 amide bonds. The van der Waals surface area contributed by atoms with Crippen LogP contribution in [0.15, 0.2) is 23.1 Å². The number of amides is 1. The molecule has 3 heterocycles. The quantitative estimate of drug-likeness (QED) is 0.789. The minimum Gasteiger partial charge on any atom is -0.377 e. The Morgan fingerprint density at radius 1 is 1.37 bits per heavy atom. The highest BCUT2D eigenvalue weighted by atomic mass is 32.2. The number of carbonyl (C=O) groups is 1. The molecular weight excluding hydrogens is 370 g/mol. The second-order valence-corrected chi connectivity index (χ2v) is 8.44. The SMILES string of the molecule is COCc1nc2n(n1)CCCC2NS(=O)(=O)c1ccc2c(c1)CCC(=O)N2. The van der Waals surface area contributed by atoms with E-state index in [2.05, 4.69) is 20.1 Å². The molecule has 2 aliphatic heterocycles. The minimum absolute atomic E-state index is 0.0513. The standard InChI is InChI=1S/C17H21N5O4S/c1-26-10-15-19-17-14(3-2-8-22(17)20-15)21-27(24,25)12-5-6-13-11(9-12)4-7-16(23)18-13/h5-6,9,14,21H,2-4,7-8,10H2,1H3,(H,18,23). The van der Waals surface area contributed by atoms with Gasteiger partial charge in [0, 0.05) is 25.8 Å². The summed E-state index contributed by atoms with van der Waals surface area (Å²) < 4.78 is 35.4. The first kappa shape index (κ1) is 18.1. The van der Waals surface area contributed by atoms with Crippen molar-refractivity contribution < 1.29 is 17.9 Å². The number of fused-ring (bicyclic) bond motifs is 2. The molecule has 4 rings (SSSR count). The van der Waals surface area contributed by atoms with E-state index in [1.807, 2.05) is 0 Å². The number of ether oxygens (including phenoxy) is 1. The largest absolute Gasteiger partial charge is 0.377 e. The highest BCUT2D eigenvalue weighted by Crippen LogP contribution is 2.28. The topological polar surface area (TPSA) is 115 Å². The van der Waals surface area contributed by atoms with Gasteiger partial charge in [-0.2, -0.15) is 5.10 Å². The number of methoxy groups -OCH3 is 1. The van der Waals surface area contributed by atoms with Gasteiger partial charge in [0.15, 0.2) is 5.82 Å². The van der Waals surface area contributed by atoms with Crippen molar-refractivity contribution in [3.63, 3.8) is 0 Å². The van der Waals surface area contributed by atoms with Gasteiger partial charge in [0.2, 0.25) is 15.9 Å². The summed E-state index contributed by atoms with van der Waals surface area (Å²) in [7, 11) is -2.16. The van der Waals surface area contributed by atoms with Crippen LogP contribution < -0.4 is 10.0 Å². The Morgan fingerprint density at radius 3 is 3.04 bits per heavy atom. The fourth-order valence-corrected chi connectivity index (χ4v) is 4.76. The van der Waals surface area contributed by atoms with E-state index in [9.17, 15) is 13.2 Å². The number of sulfonamides is 1. The maximum absolute atomic E-state index is 12.9. The molecular formula is C17H21N5O4S. The molecule has 0 radical (unpaired) electrons. The molecule has 0 fully saturated rings. The smallest absolute Gasteiger partial charge is 0.241 e. The summed E-state index contributed by atoms with van der Waals surface area (Å²) in [6.07, 6.45) is 2.36. The zero-order valence-electron chi connectivity index (χ0n) is 14.9. The van der Waals surface area contributed by atoms with Crippen LogP contribution in [-0.2, 0) is 39.1 Å². The Bertz CT molecular complexity index is 985. The van der Waals surface area contributed by atoms with E-state index in [-0.39, 0.29) is 17.4 Å². The first-order chi connectivity index (χ1) is 13.0. The van der Waals surface area contributed by atoms with Gasteiger partial charge in [-0.25, -0.2) is 22.8 Å². The van der Waals surface area contributed by atoms with E-state index in [1.54, 1.807) is 23.9 Å². The Morgan fingerprint density at radius 2 is 2.22 bits per heavy atom.